The number of aryl methyl sites for hydroxylation is 1. The van der Waals surface area contributed by atoms with E-state index in [0.29, 0.717) is 5.56 Å². The molecule has 6 heteroatoms. The fraction of sp³-hybridized carbons (Fsp3) is 0.143. The van der Waals surface area contributed by atoms with E-state index in [1.807, 2.05) is 0 Å². The Hall–Kier alpha value is -1.27. The molecule has 0 unspecified atom stereocenters. The smallest absolute Gasteiger partial charge is 0.301 e. The van der Waals surface area contributed by atoms with Crippen LogP contribution in [-0.4, -0.2) is 23.2 Å². The van der Waals surface area contributed by atoms with Gasteiger partial charge in [-0.25, -0.2) is 0 Å². The normalized spacial score (nSPS) is 11.5. The Kier molecular flexibility index (Phi) is 2.19. The lowest BCUT2D eigenvalue weighted by atomic mass is 10.2. The summed E-state index contributed by atoms with van der Waals surface area (Å²) in [6.45, 7) is 1.56. The van der Waals surface area contributed by atoms with Crippen molar-refractivity contribution in [3.05, 3.63) is 17.7 Å². The second kappa shape index (κ2) is 2.90. The summed E-state index contributed by atoms with van der Waals surface area (Å²) in [4.78, 5) is -0.863. The molecule has 0 amide bonds. The molecule has 13 heavy (non-hydrogen) atoms. The molecular formula is C7H8O5S. The summed E-state index contributed by atoms with van der Waals surface area (Å²) in [5.74, 6) is -1.33. The molecule has 5 nitrogen and oxygen atoms in total. The van der Waals surface area contributed by atoms with Gasteiger partial charge in [-0.05, 0) is 24.6 Å². The highest BCUT2D eigenvalue weighted by atomic mass is 32.2. The number of rotatable bonds is 1. The molecule has 1 aromatic carbocycles. The van der Waals surface area contributed by atoms with Crippen LogP contribution in [0.3, 0.4) is 0 Å². The Morgan fingerprint density at radius 1 is 1.15 bits per heavy atom. The lowest BCUT2D eigenvalue weighted by molar-refractivity contribution is 0.410. The Morgan fingerprint density at radius 3 is 1.85 bits per heavy atom. The van der Waals surface area contributed by atoms with Crippen molar-refractivity contribution < 1.29 is 23.2 Å². The monoisotopic (exact) mass is 204 g/mol. The van der Waals surface area contributed by atoms with Gasteiger partial charge in [0.05, 0.1) is 0 Å². The number of aromatic hydroxyl groups is 2. The van der Waals surface area contributed by atoms with Gasteiger partial charge in [-0.2, -0.15) is 8.42 Å². The summed E-state index contributed by atoms with van der Waals surface area (Å²) in [6.07, 6.45) is 0. The van der Waals surface area contributed by atoms with Gasteiger partial charge in [0, 0.05) is 0 Å². The van der Waals surface area contributed by atoms with Gasteiger partial charge in [0.2, 0.25) is 0 Å². The summed E-state index contributed by atoms with van der Waals surface area (Å²) in [6, 6.07) is 2.26. The minimum atomic E-state index is -4.58. The maximum absolute atomic E-state index is 10.6. The molecule has 0 bridgehead atoms. The Balaban J connectivity index is 3.57. The van der Waals surface area contributed by atoms with Crippen LogP contribution in [0.2, 0.25) is 0 Å². The van der Waals surface area contributed by atoms with Crippen LogP contribution in [-0.2, 0) is 10.1 Å². The molecule has 0 aromatic heterocycles. The van der Waals surface area contributed by atoms with Crippen LogP contribution in [0.25, 0.3) is 0 Å². The average molecular weight is 204 g/mol. The molecular weight excluding hydrogens is 196 g/mol. The van der Waals surface area contributed by atoms with Gasteiger partial charge in [-0.15, -0.1) is 0 Å². The summed E-state index contributed by atoms with van der Waals surface area (Å²) in [7, 11) is -4.58. The number of hydrogen-bond acceptors (Lipinski definition) is 4. The molecule has 0 heterocycles. The minimum Gasteiger partial charge on any atom is -0.506 e. The number of phenolic OH excluding ortho intramolecular Hbond substituents is 2. The first-order valence-electron chi connectivity index (χ1n) is 3.32. The number of hydrogen-bond donors (Lipinski definition) is 3. The molecule has 0 saturated carbocycles. The van der Waals surface area contributed by atoms with E-state index in [1.165, 1.54) is 0 Å². The van der Waals surface area contributed by atoms with Crippen LogP contribution >= 0.6 is 0 Å². The van der Waals surface area contributed by atoms with Crippen molar-refractivity contribution in [3.63, 3.8) is 0 Å². The molecule has 0 fully saturated rings. The number of phenols is 2. The highest BCUT2D eigenvalue weighted by Crippen LogP contribution is 2.32. The molecule has 0 aliphatic rings. The van der Waals surface area contributed by atoms with E-state index < -0.39 is 26.5 Å². The largest absolute Gasteiger partial charge is 0.506 e. The molecule has 1 rings (SSSR count). The molecule has 72 valence electrons. The molecule has 0 aliphatic heterocycles. The third-order valence-corrected chi connectivity index (χ3v) is 2.39. The van der Waals surface area contributed by atoms with E-state index in [4.69, 9.17) is 14.8 Å². The zero-order valence-electron chi connectivity index (χ0n) is 6.72. The van der Waals surface area contributed by atoms with Crippen molar-refractivity contribution in [2.75, 3.05) is 0 Å². The zero-order chi connectivity index (χ0) is 10.2. The topological polar surface area (TPSA) is 94.8 Å². The summed E-state index contributed by atoms with van der Waals surface area (Å²) >= 11 is 0. The van der Waals surface area contributed by atoms with E-state index in [-0.39, 0.29) is 0 Å². The van der Waals surface area contributed by atoms with E-state index in [2.05, 4.69) is 0 Å². The quantitative estimate of drug-likeness (QED) is 0.584. The second-order valence-corrected chi connectivity index (χ2v) is 3.97. The van der Waals surface area contributed by atoms with Crippen molar-refractivity contribution >= 4 is 10.1 Å². The molecule has 0 atom stereocenters. The molecule has 0 spiro atoms. The van der Waals surface area contributed by atoms with Gasteiger partial charge in [0.1, 0.15) is 11.5 Å². The van der Waals surface area contributed by atoms with E-state index in [9.17, 15) is 8.42 Å². The minimum absolute atomic E-state index is 0.488. The van der Waals surface area contributed by atoms with Crippen LogP contribution in [0.4, 0.5) is 0 Å². The van der Waals surface area contributed by atoms with Gasteiger partial charge >= 0.3 is 10.1 Å². The summed E-state index contributed by atoms with van der Waals surface area (Å²) in [5.41, 5.74) is 0.488. The van der Waals surface area contributed by atoms with Crippen molar-refractivity contribution in [2.24, 2.45) is 0 Å². The Labute approximate surface area is 75.0 Å². The maximum atomic E-state index is 10.6. The number of benzene rings is 1. The first-order valence-corrected chi connectivity index (χ1v) is 4.76. The molecule has 0 saturated heterocycles. The van der Waals surface area contributed by atoms with E-state index in [0.717, 1.165) is 12.1 Å². The molecule has 0 aliphatic carbocycles. The SMILES string of the molecule is Cc1cc(O)c(S(=O)(=O)O)c(O)c1. The van der Waals surface area contributed by atoms with Gasteiger partial charge in [-0.3, -0.25) is 4.55 Å². The zero-order valence-corrected chi connectivity index (χ0v) is 7.54. The molecule has 1 aromatic rings. The van der Waals surface area contributed by atoms with Crippen LogP contribution in [0.1, 0.15) is 5.56 Å². The lowest BCUT2D eigenvalue weighted by Crippen LogP contribution is -1.99. The van der Waals surface area contributed by atoms with Crippen LogP contribution in [0.15, 0.2) is 17.0 Å². The highest BCUT2D eigenvalue weighted by Gasteiger charge is 2.20. The fourth-order valence-corrected chi connectivity index (χ4v) is 1.65. The third-order valence-electron chi connectivity index (χ3n) is 1.45. The van der Waals surface area contributed by atoms with Gasteiger partial charge in [0.25, 0.3) is 0 Å². The average Bonchev–Trinajstić information content (AvgIpc) is 1.78. The van der Waals surface area contributed by atoms with Crippen molar-refractivity contribution in [1.82, 2.24) is 0 Å². The van der Waals surface area contributed by atoms with E-state index >= 15 is 0 Å². The first kappa shape index (κ1) is 9.82. The second-order valence-electron chi connectivity index (χ2n) is 2.61. The van der Waals surface area contributed by atoms with Crippen molar-refractivity contribution in [2.45, 2.75) is 11.8 Å². The summed E-state index contributed by atoms with van der Waals surface area (Å²) < 4.78 is 29.8. The molecule has 0 radical (unpaired) electrons. The van der Waals surface area contributed by atoms with Crippen molar-refractivity contribution in [1.29, 1.82) is 0 Å². The highest BCUT2D eigenvalue weighted by molar-refractivity contribution is 7.86. The Morgan fingerprint density at radius 2 is 1.54 bits per heavy atom. The summed E-state index contributed by atoms with van der Waals surface area (Å²) in [5, 5.41) is 18.2. The van der Waals surface area contributed by atoms with Gasteiger partial charge < -0.3 is 10.2 Å². The van der Waals surface area contributed by atoms with E-state index in [1.54, 1.807) is 6.92 Å². The predicted octanol–water partition coefficient (Wildman–Crippen LogP) is 0.653. The maximum Gasteiger partial charge on any atom is 0.301 e. The van der Waals surface area contributed by atoms with Crippen LogP contribution in [0, 0.1) is 6.92 Å². The lowest BCUT2D eigenvalue weighted by Gasteiger charge is -2.04. The fourth-order valence-electron chi connectivity index (χ4n) is 1.000. The standard InChI is InChI=1S/C7H8O5S/c1-4-2-5(8)7(6(9)3-4)13(10,11)12/h2-3,8-9H,1H3,(H,10,11,12). The van der Waals surface area contributed by atoms with Gasteiger partial charge in [0.15, 0.2) is 4.90 Å². The first-order chi connectivity index (χ1) is 5.82. The Bertz CT molecular complexity index is 411. The third kappa shape index (κ3) is 1.90. The van der Waals surface area contributed by atoms with Gasteiger partial charge in [-0.1, -0.05) is 0 Å². The predicted molar refractivity (Wildman–Crippen MR) is 44.3 cm³/mol. The molecule has 3 N–H and O–H groups in total. The van der Waals surface area contributed by atoms with Crippen LogP contribution < -0.4 is 0 Å². The van der Waals surface area contributed by atoms with Crippen LogP contribution in [0.5, 0.6) is 11.5 Å². The van der Waals surface area contributed by atoms with Crippen molar-refractivity contribution in [3.8, 4) is 11.5 Å².